The summed E-state index contributed by atoms with van der Waals surface area (Å²) in [5, 5.41) is 2.84. The van der Waals surface area contributed by atoms with Crippen LogP contribution in [-0.4, -0.2) is 47.2 Å². The minimum absolute atomic E-state index is 0.0139. The number of fused-ring (bicyclic) bond motifs is 1. The first kappa shape index (κ1) is 22.9. The number of nitrogens with two attached hydrogens (primary N) is 1. The lowest BCUT2D eigenvalue weighted by atomic mass is 10.1. The van der Waals surface area contributed by atoms with Crippen molar-refractivity contribution in [2.45, 2.75) is 58.2 Å². The Bertz CT molecular complexity index is 1230. The molecule has 1 amide bonds. The van der Waals surface area contributed by atoms with Gasteiger partial charge in [0, 0.05) is 19.1 Å². The van der Waals surface area contributed by atoms with Crippen LogP contribution in [0, 0.1) is 11.7 Å². The molecule has 11 heteroatoms. The number of hydrogen-bond acceptors (Lipinski definition) is 7. The molecule has 1 aromatic carbocycles. The highest BCUT2D eigenvalue weighted by molar-refractivity contribution is 5.91. The Balaban J connectivity index is 1.77. The highest BCUT2D eigenvalue weighted by Gasteiger charge is 2.37. The van der Waals surface area contributed by atoms with E-state index in [1.165, 1.54) is 11.7 Å². The van der Waals surface area contributed by atoms with Gasteiger partial charge in [-0.2, -0.15) is 4.68 Å². The van der Waals surface area contributed by atoms with Crippen LogP contribution in [0.2, 0.25) is 0 Å². The fourth-order valence-corrected chi connectivity index (χ4v) is 4.39. The SMILES string of the molecule is COc1c(N2CC(C)C(NC(=O)OC(C)(C)C)C2)c(F)cc2c(=O)n(N)c(=O)n(C3CC3)c12. The quantitative estimate of drug-likeness (QED) is 0.662. The number of alkyl carbamates (subject to hydrolysis) is 1. The van der Waals surface area contributed by atoms with Gasteiger partial charge < -0.3 is 25.5 Å². The van der Waals surface area contributed by atoms with Crippen LogP contribution in [0.1, 0.15) is 46.6 Å². The van der Waals surface area contributed by atoms with E-state index in [0.29, 0.717) is 17.8 Å². The van der Waals surface area contributed by atoms with Crippen molar-refractivity contribution < 1.29 is 18.7 Å². The molecule has 0 spiro atoms. The number of halogens is 1. The van der Waals surface area contributed by atoms with Gasteiger partial charge >= 0.3 is 11.8 Å². The van der Waals surface area contributed by atoms with Gasteiger partial charge in [0.25, 0.3) is 5.56 Å². The van der Waals surface area contributed by atoms with E-state index in [4.69, 9.17) is 15.3 Å². The Morgan fingerprint density at radius 1 is 1.24 bits per heavy atom. The number of hydrogen-bond donors (Lipinski definition) is 2. The average Bonchev–Trinajstić information content (AvgIpc) is 3.48. The number of carbonyl (C=O) groups is 1. The zero-order chi connectivity index (χ0) is 24.2. The lowest BCUT2D eigenvalue weighted by Crippen LogP contribution is -2.44. The molecule has 0 radical (unpaired) electrons. The standard InChI is InChI=1S/C22H30FN5O5/c1-11-9-26(10-15(11)25-20(30)33-22(2,3)4)17-14(23)8-13-16(18(17)32-5)27(12-6-7-12)21(31)28(24)19(13)29/h8,11-12,15H,6-7,9-10,24H2,1-5H3,(H,25,30). The first-order valence-electron chi connectivity index (χ1n) is 11.0. The summed E-state index contributed by atoms with van der Waals surface area (Å²) in [4.78, 5) is 39.5. The molecule has 180 valence electrons. The molecular weight excluding hydrogens is 433 g/mol. The lowest BCUT2D eigenvalue weighted by molar-refractivity contribution is 0.0499. The predicted octanol–water partition coefficient (Wildman–Crippen LogP) is 1.71. The van der Waals surface area contributed by atoms with Gasteiger partial charge in [0.1, 0.15) is 16.8 Å². The second kappa shape index (κ2) is 7.96. The number of benzene rings is 1. The maximum absolute atomic E-state index is 15.4. The number of nitrogens with one attached hydrogen (secondary N) is 1. The van der Waals surface area contributed by atoms with Crippen LogP contribution in [0.25, 0.3) is 10.9 Å². The van der Waals surface area contributed by atoms with Crippen molar-refractivity contribution >= 4 is 22.7 Å². The zero-order valence-electron chi connectivity index (χ0n) is 19.5. The molecule has 1 saturated heterocycles. The number of nitrogens with zero attached hydrogens (tertiary/aromatic N) is 3. The van der Waals surface area contributed by atoms with Crippen molar-refractivity contribution in [2.24, 2.45) is 5.92 Å². The molecule has 3 N–H and O–H groups in total. The fourth-order valence-electron chi connectivity index (χ4n) is 4.39. The summed E-state index contributed by atoms with van der Waals surface area (Å²) < 4.78 is 28.3. The molecule has 1 saturated carbocycles. The van der Waals surface area contributed by atoms with Crippen LogP contribution < -0.4 is 32.0 Å². The number of methoxy groups -OCH3 is 1. The van der Waals surface area contributed by atoms with Crippen LogP contribution in [0.15, 0.2) is 15.7 Å². The summed E-state index contributed by atoms with van der Waals surface area (Å²) in [6.07, 6.45) is 0.968. The molecule has 10 nitrogen and oxygen atoms in total. The van der Waals surface area contributed by atoms with Gasteiger partial charge in [0.15, 0.2) is 11.6 Å². The van der Waals surface area contributed by atoms with Crippen LogP contribution in [-0.2, 0) is 4.74 Å². The van der Waals surface area contributed by atoms with E-state index >= 15 is 4.39 Å². The van der Waals surface area contributed by atoms with Gasteiger partial charge in [-0.1, -0.05) is 6.92 Å². The van der Waals surface area contributed by atoms with E-state index < -0.39 is 28.8 Å². The van der Waals surface area contributed by atoms with E-state index in [-0.39, 0.29) is 40.3 Å². The number of nitrogen functional groups attached to an aromatic ring is 1. The molecule has 1 aliphatic carbocycles. The third-order valence-electron chi connectivity index (χ3n) is 6.03. The van der Waals surface area contributed by atoms with Gasteiger partial charge in [-0.25, -0.2) is 14.0 Å². The smallest absolute Gasteiger partial charge is 0.407 e. The minimum Gasteiger partial charge on any atom is -0.492 e. The molecule has 1 aromatic heterocycles. The molecule has 2 aromatic rings. The number of rotatable bonds is 4. The molecular formula is C22H30FN5O5. The summed E-state index contributed by atoms with van der Waals surface area (Å²) in [6, 6.07) is 0.695. The van der Waals surface area contributed by atoms with Crippen molar-refractivity contribution in [2.75, 3.05) is 30.9 Å². The maximum atomic E-state index is 15.4. The van der Waals surface area contributed by atoms with Gasteiger partial charge in [0.05, 0.1) is 18.5 Å². The second-order valence-electron chi connectivity index (χ2n) is 9.83. The van der Waals surface area contributed by atoms with Gasteiger partial charge in [-0.15, -0.1) is 0 Å². The highest BCUT2D eigenvalue weighted by atomic mass is 19.1. The topological polar surface area (TPSA) is 121 Å². The van der Waals surface area contributed by atoms with Crippen LogP contribution >= 0.6 is 0 Å². The Labute approximate surface area is 190 Å². The molecule has 0 bridgehead atoms. The van der Waals surface area contributed by atoms with E-state index in [9.17, 15) is 14.4 Å². The first-order valence-corrected chi connectivity index (χ1v) is 11.0. The van der Waals surface area contributed by atoms with E-state index in [1.807, 2.05) is 6.92 Å². The third-order valence-corrected chi connectivity index (χ3v) is 6.03. The summed E-state index contributed by atoms with van der Waals surface area (Å²) >= 11 is 0. The van der Waals surface area contributed by atoms with Crippen molar-refractivity contribution in [3.8, 4) is 5.75 Å². The Hall–Kier alpha value is -3.24. The molecule has 33 heavy (non-hydrogen) atoms. The minimum atomic E-state index is -0.782. The highest BCUT2D eigenvalue weighted by Crippen LogP contribution is 2.43. The van der Waals surface area contributed by atoms with E-state index in [2.05, 4.69) is 5.32 Å². The zero-order valence-corrected chi connectivity index (χ0v) is 19.5. The number of aromatic nitrogens is 2. The monoisotopic (exact) mass is 463 g/mol. The Morgan fingerprint density at radius 3 is 2.48 bits per heavy atom. The van der Waals surface area contributed by atoms with Crippen LogP contribution in [0.3, 0.4) is 0 Å². The van der Waals surface area contributed by atoms with Crippen molar-refractivity contribution in [3.63, 3.8) is 0 Å². The van der Waals surface area contributed by atoms with Gasteiger partial charge in [0.2, 0.25) is 0 Å². The molecule has 2 atom stereocenters. The van der Waals surface area contributed by atoms with E-state index in [0.717, 1.165) is 18.9 Å². The normalized spacial score (nSPS) is 20.8. The lowest BCUT2D eigenvalue weighted by Gasteiger charge is -2.25. The molecule has 2 unspecified atom stereocenters. The number of carbonyl (C=O) groups excluding carboxylic acids is 1. The summed E-state index contributed by atoms with van der Waals surface area (Å²) in [6.45, 7) is 8.02. The second-order valence-corrected chi connectivity index (χ2v) is 9.83. The van der Waals surface area contributed by atoms with Crippen molar-refractivity contribution in [1.29, 1.82) is 0 Å². The largest absolute Gasteiger partial charge is 0.492 e. The van der Waals surface area contributed by atoms with Crippen molar-refractivity contribution in [1.82, 2.24) is 14.6 Å². The van der Waals surface area contributed by atoms with Gasteiger partial charge in [-0.3, -0.25) is 9.36 Å². The molecule has 2 fully saturated rings. The average molecular weight is 464 g/mol. The van der Waals surface area contributed by atoms with Crippen LogP contribution in [0.4, 0.5) is 14.9 Å². The van der Waals surface area contributed by atoms with Crippen LogP contribution in [0.5, 0.6) is 5.75 Å². The van der Waals surface area contributed by atoms with Gasteiger partial charge in [-0.05, 0) is 45.6 Å². The van der Waals surface area contributed by atoms with Crippen molar-refractivity contribution in [3.05, 3.63) is 32.7 Å². The fraction of sp³-hybridized carbons (Fsp3) is 0.591. The molecule has 4 rings (SSSR count). The Morgan fingerprint density at radius 2 is 1.91 bits per heavy atom. The first-order chi connectivity index (χ1) is 15.4. The third kappa shape index (κ3) is 4.11. The summed E-state index contributed by atoms with van der Waals surface area (Å²) in [5.41, 5.74) is -1.69. The summed E-state index contributed by atoms with van der Waals surface area (Å²) in [7, 11) is 1.38. The number of ether oxygens (including phenoxy) is 2. The predicted molar refractivity (Wildman–Crippen MR) is 122 cm³/mol. The maximum Gasteiger partial charge on any atom is 0.407 e. The number of anilines is 1. The number of amides is 1. The Kier molecular flexibility index (Phi) is 5.53. The van der Waals surface area contributed by atoms with E-state index in [1.54, 1.807) is 25.7 Å². The summed E-state index contributed by atoms with van der Waals surface area (Å²) in [5.74, 6) is 5.12. The molecule has 1 aliphatic heterocycles. The molecule has 2 aliphatic rings. The molecule has 2 heterocycles.